The molecule has 0 saturated carbocycles. The Labute approximate surface area is 227 Å². The van der Waals surface area contributed by atoms with Gasteiger partial charge in [-0.25, -0.2) is 9.79 Å². The van der Waals surface area contributed by atoms with Crippen molar-refractivity contribution in [3.05, 3.63) is 122 Å². The maximum absolute atomic E-state index is 13.1. The van der Waals surface area contributed by atoms with Crippen LogP contribution in [0.15, 0.2) is 111 Å². The Morgan fingerprint density at radius 2 is 1.87 bits per heavy atom. The number of likely N-dealkylation sites (N-methyl/N-ethyl adjacent to an activating group) is 1. The van der Waals surface area contributed by atoms with E-state index >= 15 is 0 Å². The molecular weight excluding hydrogens is 535 g/mol. The van der Waals surface area contributed by atoms with Gasteiger partial charge in [-0.3, -0.25) is 0 Å². The molecule has 2 aliphatic rings. The normalized spacial score (nSPS) is 18.1. The molecule has 4 rings (SSSR count). The van der Waals surface area contributed by atoms with Crippen LogP contribution in [-0.4, -0.2) is 36.4 Å². The summed E-state index contributed by atoms with van der Waals surface area (Å²) in [6.45, 7) is 0.0739. The molecular formula is C28H23ClF3N3O2S. The van der Waals surface area contributed by atoms with E-state index in [0.717, 1.165) is 23.2 Å². The van der Waals surface area contributed by atoms with Gasteiger partial charge in [0.05, 0.1) is 32.7 Å². The number of allylic oxidation sites excluding steroid dienone is 7. The monoisotopic (exact) mass is 557 g/mol. The van der Waals surface area contributed by atoms with E-state index < -0.39 is 17.8 Å². The van der Waals surface area contributed by atoms with Crippen molar-refractivity contribution in [2.24, 2.45) is 10.7 Å². The minimum absolute atomic E-state index is 0.0604. The maximum atomic E-state index is 13.1. The van der Waals surface area contributed by atoms with Crippen LogP contribution in [0, 0.1) is 0 Å². The molecule has 0 bridgehead atoms. The van der Waals surface area contributed by atoms with E-state index in [4.69, 9.17) is 22.1 Å². The summed E-state index contributed by atoms with van der Waals surface area (Å²) in [4.78, 5) is 19.0. The van der Waals surface area contributed by atoms with Crippen molar-refractivity contribution in [2.45, 2.75) is 12.6 Å². The van der Waals surface area contributed by atoms with E-state index in [2.05, 4.69) is 17.1 Å². The van der Waals surface area contributed by atoms with Crippen molar-refractivity contribution in [3.8, 4) is 0 Å². The minimum Gasteiger partial charge on any atom is -0.456 e. The van der Waals surface area contributed by atoms with Gasteiger partial charge in [-0.15, -0.1) is 0 Å². The lowest BCUT2D eigenvalue weighted by Crippen LogP contribution is -2.21. The second kappa shape index (κ2) is 11.8. The highest BCUT2D eigenvalue weighted by Crippen LogP contribution is 2.37. The smallest absolute Gasteiger partial charge is 0.430 e. The molecule has 1 aliphatic carbocycles. The van der Waals surface area contributed by atoms with Crippen LogP contribution < -0.4 is 5.73 Å². The fourth-order valence-corrected chi connectivity index (χ4v) is 4.82. The Kier molecular flexibility index (Phi) is 8.48. The number of nitrogens with zero attached hydrogens (tertiary/aromatic N) is 2. The third kappa shape index (κ3) is 6.59. The molecule has 0 unspecified atom stereocenters. The molecule has 1 aliphatic heterocycles. The number of para-hydroxylation sites is 1. The van der Waals surface area contributed by atoms with Crippen molar-refractivity contribution in [2.75, 3.05) is 13.7 Å². The van der Waals surface area contributed by atoms with E-state index in [9.17, 15) is 18.0 Å². The number of halogens is 4. The number of benzene rings is 2. The molecule has 10 heteroatoms. The summed E-state index contributed by atoms with van der Waals surface area (Å²) in [5, 5.41) is 3.29. The number of hydrogen-bond acceptors (Lipinski definition) is 6. The van der Waals surface area contributed by atoms with E-state index in [1.54, 1.807) is 36.0 Å². The molecule has 0 fully saturated rings. The highest BCUT2D eigenvalue weighted by Gasteiger charge is 2.32. The summed E-state index contributed by atoms with van der Waals surface area (Å²) in [7, 11) is 1.92. The highest BCUT2D eigenvalue weighted by molar-refractivity contribution is 8.06. The molecule has 0 aromatic heterocycles. The van der Waals surface area contributed by atoms with Crippen LogP contribution in [0.4, 0.5) is 18.9 Å². The predicted molar refractivity (Wildman–Crippen MR) is 146 cm³/mol. The SMILES string of the molecule is CN1C(COC(=O)c2ccc(C(C=C(N)C(F)(F)F)=Nc3ccccc3Cl)cc2)=CSC1=C1C=CC=CC1. The van der Waals surface area contributed by atoms with Gasteiger partial charge in [-0.05, 0) is 42.3 Å². The standard InChI is InChI=1S/C28H23ClF3N3O2S/c1-35-21(17-38-26(35)19-7-3-2-4-8-19)16-37-27(36)20-13-11-18(12-14-20)24(15-25(33)28(30,31)32)34-23-10-6-5-9-22(23)29/h2-7,9-15,17H,8,16,33H2,1H3. The summed E-state index contributed by atoms with van der Waals surface area (Å²) in [6.07, 6.45) is 4.96. The first kappa shape index (κ1) is 27.3. The van der Waals surface area contributed by atoms with Crippen molar-refractivity contribution < 1.29 is 22.7 Å². The number of esters is 1. The van der Waals surface area contributed by atoms with Crippen LogP contribution in [0.25, 0.3) is 0 Å². The number of ether oxygens (including phenoxy) is 1. The molecule has 0 amide bonds. The van der Waals surface area contributed by atoms with Crippen LogP contribution in [0.3, 0.4) is 0 Å². The topological polar surface area (TPSA) is 67.9 Å². The zero-order chi connectivity index (χ0) is 27.3. The second-order valence-electron chi connectivity index (χ2n) is 8.31. The lowest BCUT2D eigenvalue weighted by Gasteiger charge is -2.20. The number of carbonyl (C=O) groups is 1. The first-order valence-electron chi connectivity index (χ1n) is 11.4. The number of nitrogens with two attached hydrogens (primary N) is 1. The third-order valence-electron chi connectivity index (χ3n) is 5.68. The molecule has 0 saturated heterocycles. The van der Waals surface area contributed by atoms with Crippen LogP contribution in [-0.2, 0) is 4.74 Å². The minimum atomic E-state index is -4.73. The molecule has 196 valence electrons. The number of aliphatic imine (C=N–C) groups is 1. The van der Waals surface area contributed by atoms with Crippen molar-refractivity contribution >= 4 is 40.7 Å². The van der Waals surface area contributed by atoms with Crippen LogP contribution in [0.2, 0.25) is 5.02 Å². The first-order valence-corrected chi connectivity index (χ1v) is 12.7. The van der Waals surface area contributed by atoms with Gasteiger partial charge in [-0.1, -0.05) is 71.9 Å². The van der Waals surface area contributed by atoms with E-state index in [0.29, 0.717) is 5.56 Å². The molecule has 0 spiro atoms. The quantitative estimate of drug-likeness (QED) is 0.299. The van der Waals surface area contributed by atoms with Gasteiger partial charge in [-0.2, -0.15) is 13.2 Å². The van der Waals surface area contributed by atoms with Crippen LogP contribution in [0.5, 0.6) is 0 Å². The largest absolute Gasteiger partial charge is 0.456 e. The first-order chi connectivity index (χ1) is 18.1. The van der Waals surface area contributed by atoms with Crippen LogP contribution in [0.1, 0.15) is 22.3 Å². The van der Waals surface area contributed by atoms with E-state index in [1.165, 1.54) is 29.8 Å². The van der Waals surface area contributed by atoms with Crippen molar-refractivity contribution in [3.63, 3.8) is 0 Å². The van der Waals surface area contributed by atoms with Gasteiger partial charge in [0.2, 0.25) is 0 Å². The van der Waals surface area contributed by atoms with Crippen molar-refractivity contribution in [1.82, 2.24) is 4.90 Å². The second-order valence-corrected chi connectivity index (χ2v) is 9.57. The fraction of sp³-hybridized carbons (Fsp3) is 0.143. The van der Waals surface area contributed by atoms with Gasteiger partial charge in [0, 0.05) is 18.0 Å². The Morgan fingerprint density at radius 3 is 2.53 bits per heavy atom. The Bertz CT molecular complexity index is 1410. The van der Waals surface area contributed by atoms with Gasteiger partial charge in [0.25, 0.3) is 0 Å². The van der Waals surface area contributed by atoms with Gasteiger partial charge >= 0.3 is 12.1 Å². The third-order valence-corrected chi connectivity index (χ3v) is 7.15. The van der Waals surface area contributed by atoms with E-state index in [1.807, 2.05) is 29.5 Å². The summed E-state index contributed by atoms with van der Waals surface area (Å²) >= 11 is 7.71. The summed E-state index contributed by atoms with van der Waals surface area (Å²) < 4.78 is 44.9. The zero-order valence-corrected chi connectivity index (χ0v) is 21.8. The van der Waals surface area contributed by atoms with Gasteiger partial charge < -0.3 is 15.4 Å². The Morgan fingerprint density at radius 1 is 1.16 bits per heavy atom. The highest BCUT2D eigenvalue weighted by atomic mass is 35.5. The Balaban J connectivity index is 1.49. The molecule has 0 atom stereocenters. The van der Waals surface area contributed by atoms with Crippen LogP contribution >= 0.6 is 23.4 Å². The predicted octanol–water partition coefficient (Wildman–Crippen LogP) is 7.27. The molecule has 2 aromatic rings. The zero-order valence-electron chi connectivity index (χ0n) is 20.2. The number of carbonyl (C=O) groups excluding carboxylic acids is 1. The summed E-state index contributed by atoms with van der Waals surface area (Å²) in [5.74, 6) is -0.563. The number of rotatable bonds is 6. The maximum Gasteiger partial charge on any atom is 0.430 e. The lowest BCUT2D eigenvalue weighted by molar-refractivity contribution is -0.0925. The fourth-order valence-electron chi connectivity index (χ4n) is 3.59. The molecule has 1 heterocycles. The van der Waals surface area contributed by atoms with Gasteiger partial charge in [0.15, 0.2) is 0 Å². The van der Waals surface area contributed by atoms with Crippen molar-refractivity contribution in [1.29, 1.82) is 0 Å². The molecule has 0 radical (unpaired) electrons. The number of hydrogen-bond donors (Lipinski definition) is 1. The summed E-state index contributed by atoms with van der Waals surface area (Å²) in [6, 6.07) is 12.4. The molecule has 5 nitrogen and oxygen atoms in total. The molecule has 2 N–H and O–H groups in total. The summed E-state index contributed by atoms with van der Waals surface area (Å²) in [5.41, 5.74) is 6.74. The average molecular weight is 558 g/mol. The van der Waals surface area contributed by atoms with E-state index in [-0.39, 0.29) is 28.6 Å². The molecule has 2 aromatic carbocycles. The number of alkyl halides is 3. The van der Waals surface area contributed by atoms with Gasteiger partial charge in [0.1, 0.15) is 12.3 Å². The average Bonchev–Trinajstić information content (AvgIpc) is 3.28. The molecule has 38 heavy (non-hydrogen) atoms. The Hall–Kier alpha value is -3.69. The number of thioether (sulfide) groups is 1. The lowest BCUT2D eigenvalue weighted by atomic mass is 10.1.